The van der Waals surface area contributed by atoms with E-state index in [4.69, 9.17) is 4.74 Å². The van der Waals surface area contributed by atoms with Gasteiger partial charge < -0.3 is 15.4 Å². The smallest absolute Gasteiger partial charge is 0.190 e. The lowest BCUT2D eigenvalue weighted by Gasteiger charge is -2.28. The van der Waals surface area contributed by atoms with Crippen molar-refractivity contribution in [2.24, 2.45) is 10.4 Å². The molecule has 0 saturated heterocycles. The number of unbranched alkanes of at least 4 members (excludes halogenated alkanes) is 2. The Morgan fingerprint density at radius 1 is 1.14 bits per heavy atom. The van der Waals surface area contributed by atoms with Gasteiger partial charge in [-0.3, -0.25) is 4.99 Å². The Labute approximate surface area is 147 Å². The predicted octanol–water partition coefficient (Wildman–Crippen LogP) is 3.56. The third-order valence-corrected chi connectivity index (χ3v) is 4.59. The van der Waals surface area contributed by atoms with Crippen LogP contribution in [-0.2, 0) is 4.74 Å². The van der Waals surface area contributed by atoms with E-state index in [2.05, 4.69) is 22.5 Å². The summed E-state index contributed by atoms with van der Waals surface area (Å²) in [5.41, 5.74) is 0.510. The summed E-state index contributed by atoms with van der Waals surface area (Å²) < 4.78 is 5.05. The Bertz CT molecular complexity index is 279. The summed E-state index contributed by atoms with van der Waals surface area (Å²) >= 11 is 0. The first-order chi connectivity index (χ1) is 9.76. The Hall–Kier alpha value is -0.0400. The lowest BCUT2D eigenvalue weighted by molar-refractivity contribution is 0.192. The molecule has 0 bridgehead atoms. The second-order valence-corrected chi connectivity index (χ2v) is 5.97. The molecule has 4 nitrogen and oxygen atoms in total. The summed E-state index contributed by atoms with van der Waals surface area (Å²) in [6.07, 6.45) is 10.3. The van der Waals surface area contributed by atoms with E-state index < -0.39 is 0 Å². The number of hydrogen-bond donors (Lipinski definition) is 2. The largest absolute Gasteiger partial charge is 0.385 e. The number of guanidine groups is 1. The molecule has 1 aliphatic rings. The number of methoxy groups -OCH3 is 1. The molecule has 0 heterocycles. The zero-order valence-corrected chi connectivity index (χ0v) is 16.4. The SMILES string of the molecule is CCC1(CNC(=NC)NCCCCCOC)CCCC1.I. The van der Waals surface area contributed by atoms with Gasteiger partial charge in [0.25, 0.3) is 0 Å². The fraction of sp³-hybridized carbons (Fsp3) is 0.938. The minimum absolute atomic E-state index is 0. The lowest BCUT2D eigenvalue weighted by Crippen LogP contribution is -2.43. The van der Waals surface area contributed by atoms with E-state index in [1.165, 1.54) is 44.9 Å². The average molecular weight is 411 g/mol. The maximum atomic E-state index is 5.05. The molecule has 0 aromatic heterocycles. The van der Waals surface area contributed by atoms with Crippen molar-refractivity contribution in [1.82, 2.24) is 10.6 Å². The van der Waals surface area contributed by atoms with Crippen molar-refractivity contribution in [3.8, 4) is 0 Å². The molecule has 0 aromatic carbocycles. The number of hydrogen-bond acceptors (Lipinski definition) is 2. The highest BCUT2D eigenvalue weighted by Crippen LogP contribution is 2.40. The van der Waals surface area contributed by atoms with Crippen LogP contribution in [0.1, 0.15) is 58.3 Å². The molecular formula is C16H34IN3O. The van der Waals surface area contributed by atoms with Crippen molar-refractivity contribution in [3.63, 3.8) is 0 Å². The first kappa shape index (κ1) is 21.0. The monoisotopic (exact) mass is 411 g/mol. The Morgan fingerprint density at radius 3 is 2.43 bits per heavy atom. The molecule has 2 N–H and O–H groups in total. The van der Waals surface area contributed by atoms with Crippen molar-refractivity contribution in [3.05, 3.63) is 0 Å². The van der Waals surface area contributed by atoms with Crippen molar-refractivity contribution in [1.29, 1.82) is 0 Å². The molecule has 0 aromatic rings. The fourth-order valence-electron chi connectivity index (χ4n) is 3.03. The lowest BCUT2D eigenvalue weighted by atomic mass is 9.83. The maximum Gasteiger partial charge on any atom is 0.190 e. The van der Waals surface area contributed by atoms with Crippen LogP contribution in [0.3, 0.4) is 0 Å². The van der Waals surface area contributed by atoms with Gasteiger partial charge in [-0.15, -0.1) is 24.0 Å². The van der Waals surface area contributed by atoms with E-state index in [1.54, 1.807) is 7.11 Å². The van der Waals surface area contributed by atoms with Crippen molar-refractivity contribution in [2.45, 2.75) is 58.3 Å². The van der Waals surface area contributed by atoms with Crippen LogP contribution in [0.2, 0.25) is 0 Å². The number of ether oxygens (including phenoxy) is 1. The van der Waals surface area contributed by atoms with Gasteiger partial charge in [-0.25, -0.2) is 0 Å². The summed E-state index contributed by atoms with van der Waals surface area (Å²) in [5, 5.41) is 6.93. The number of nitrogens with zero attached hydrogens (tertiary/aromatic N) is 1. The maximum absolute atomic E-state index is 5.05. The van der Waals surface area contributed by atoms with Crippen LogP contribution in [0.5, 0.6) is 0 Å². The molecule has 21 heavy (non-hydrogen) atoms. The van der Waals surface area contributed by atoms with Crippen LogP contribution in [0.25, 0.3) is 0 Å². The van der Waals surface area contributed by atoms with Gasteiger partial charge in [-0.2, -0.15) is 0 Å². The molecule has 0 spiro atoms. The Balaban J connectivity index is 0.00000400. The van der Waals surface area contributed by atoms with Gasteiger partial charge in [0.2, 0.25) is 0 Å². The molecule has 1 aliphatic carbocycles. The molecule has 0 radical (unpaired) electrons. The number of halogens is 1. The molecule has 0 unspecified atom stereocenters. The van der Waals surface area contributed by atoms with E-state index in [0.717, 1.165) is 32.1 Å². The summed E-state index contributed by atoms with van der Waals surface area (Å²) in [7, 11) is 3.62. The summed E-state index contributed by atoms with van der Waals surface area (Å²) in [4.78, 5) is 4.32. The Morgan fingerprint density at radius 2 is 1.86 bits per heavy atom. The van der Waals surface area contributed by atoms with Gasteiger partial charge in [-0.1, -0.05) is 19.8 Å². The van der Waals surface area contributed by atoms with E-state index in [9.17, 15) is 0 Å². The van der Waals surface area contributed by atoms with Gasteiger partial charge in [0.15, 0.2) is 5.96 Å². The molecule has 0 amide bonds. The molecule has 1 rings (SSSR count). The molecule has 5 heteroatoms. The quantitative estimate of drug-likeness (QED) is 0.264. The van der Waals surface area contributed by atoms with Gasteiger partial charge >= 0.3 is 0 Å². The molecule has 126 valence electrons. The number of rotatable bonds is 9. The van der Waals surface area contributed by atoms with Crippen molar-refractivity contribution in [2.75, 3.05) is 33.9 Å². The highest BCUT2D eigenvalue weighted by atomic mass is 127. The molecule has 0 aliphatic heterocycles. The molecular weight excluding hydrogens is 377 g/mol. The third kappa shape index (κ3) is 8.24. The van der Waals surface area contributed by atoms with Gasteiger partial charge in [0, 0.05) is 33.9 Å². The summed E-state index contributed by atoms with van der Waals surface area (Å²) in [6.45, 7) is 5.24. The average Bonchev–Trinajstić information content (AvgIpc) is 2.95. The minimum Gasteiger partial charge on any atom is -0.385 e. The highest BCUT2D eigenvalue weighted by molar-refractivity contribution is 14.0. The van der Waals surface area contributed by atoms with Crippen LogP contribution in [0.4, 0.5) is 0 Å². The second kappa shape index (κ2) is 12.5. The van der Waals surface area contributed by atoms with Crippen LogP contribution >= 0.6 is 24.0 Å². The summed E-state index contributed by atoms with van der Waals surface area (Å²) in [5.74, 6) is 0.955. The van der Waals surface area contributed by atoms with Gasteiger partial charge in [0.05, 0.1) is 0 Å². The van der Waals surface area contributed by atoms with Gasteiger partial charge in [0.1, 0.15) is 0 Å². The first-order valence-corrected chi connectivity index (χ1v) is 8.20. The van der Waals surface area contributed by atoms with Crippen LogP contribution < -0.4 is 10.6 Å². The van der Waals surface area contributed by atoms with E-state index in [-0.39, 0.29) is 24.0 Å². The number of nitrogens with one attached hydrogen (secondary N) is 2. The van der Waals surface area contributed by atoms with Crippen LogP contribution in [0.15, 0.2) is 4.99 Å². The van der Waals surface area contributed by atoms with Gasteiger partial charge in [-0.05, 0) is 43.9 Å². The zero-order chi connectivity index (χ0) is 14.7. The van der Waals surface area contributed by atoms with E-state index in [0.29, 0.717) is 5.41 Å². The normalized spacial score (nSPS) is 17.4. The first-order valence-electron chi connectivity index (χ1n) is 8.20. The standard InChI is InChI=1S/C16H33N3O.HI/c1-4-16(10-6-7-11-16)14-19-15(17-2)18-12-8-5-9-13-20-3;/h4-14H2,1-3H3,(H2,17,18,19);1H. The molecule has 0 atom stereocenters. The van der Waals surface area contributed by atoms with Crippen LogP contribution in [0, 0.1) is 5.41 Å². The Kier molecular flexibility index (Phi) is 12.5. The van der Waals surface area contributed by atoms with E-state index in [1.807, 2.05) is 7.05 Å². The van der Waals surface area contributed by atoms with Crippen LogP contribution in [-0.4, -0.2) is 39.8 Å². The number of aliphatic imine (C=N–C) groups is 1. The summed E-state index contributed by atoms with van der Waals surface area (Å²) in [6, 6.07) is 0. The fourth-order valence-corrected chi connectivity index (χ4v) is 3.03. The van der Waals surface area contributed by atoms with Crippen molar-refractivity contribution >= 4 is 29.9 Å². The third-order valence-electron chi connectivity index (χ3n) is 4.59. The minimum atomic E-state index is 0. The topological polar surface area (TPSA) is 45.7 Å². The molecule has 1 fully saturated rings. The van der Waals surface area contributed by atoms with E-state index >= 15 is 0 Å². The predicted molar refractivity (Wildman–Crippen MR) is 102 cm³/mol. The van der Waals surface area contributed by atoms with Crippen molar-refractivity contribution < 1.29 is 4.74 Å². The second-order valence-electron chi connectivity index (χ2n) is 5.97. The zero-order valence-electron chi connectivity index (χ0n) is 14.0. The highest BCUT2D eigenvalue weighted by Gasteiger charge is 2.31. The molecule has 1 saturated carbocycles.